The summed E-state index contributed by atoms with van der Waals surface area (Å²) in [5, 5.41) is 0. The Kier molecular flexibility index (Phi) is 4.13. The summed E-state index contributed by atoms with van der Waals surface area (Å²) in [5.41, 5.74) is 1.56. The standard InChI is InChI=1S/C14H20ClFN2/c1-10-8-18(9-13(10)17(2)3)14-11(7-15)5-4-6-12(14)16/h4-6,10,13H,7-9H2,1-3H3. The van der Waals surface area contributed by atoms with Gasteiger partial charge in [-0.2, -0.15) is 0 Å². The molecule has 1 aliphatic heterocycles. The van der Waals surface area contributed by atoms with Gasteiger partial charge < -0.3 is 9.80 Å². The van der Waals surface area contributed by atoms with Crippen LogP contribution in [0.3, 0.4) is 0 Å². The SMILES string of the molecule is CC1CN(c2c(F)cccc2CCl)CC1N(C)C. The minimum absolute atomic E-state index is 0.167. The molecule has 18 heavy (non-hydrogen) atoms. The number of hydrogen-bond donors (Lipinski definition) is 0. The molecular formula is C14H20ClFN2. The van der Waals surface area contributed by atoms with Gasteiger partial charge in [-0.15, -0.1) is 11.6 Å². The zero-order valence-corrected chi connectivity index (χ0v) is 11.9. The predicted octanol–water partition coefficient (Wildman–Crippen LogP) is 2.95. The molecule has 0 bridgehead atoms. The second-order valence-corrected chi connectivity index (χ2v) is 5.56. The van der Waals surface area contributed by atoms with E-state index in [0.29, 0.717) is 23.5 Å². The van der Waals surface area contributed by atoms with E-state index in [1.54, 1.807) is 6.07 Å². The largest absolute Gasteiger partial charge is 0.367 e. The number of rotatable bonds is 3. The Morgan fingerprint density at radius 3 is 2.67 bits per heavy atom. The van der Waals surface area contributed by atoms with Crippen molar-refractivity contribution in [2.24, 2.45) is 5.92 Å². The van der Waals surface area contributed by atoms with Crippen molar-refractivity contribution in [3.63, 3.8) is 0 Å². The molecule has 0 spiro atoms. The van der Waals surface area contributed by atoms with E-state index in [4.69, 9.17) is 11.6 Å². The van der Waals surface area contributed by atoms with Crippen LogP contribution in [-0.4, -0.2) is 38.1 Å². The van der Waals surface area contributed by atoms with Gasteiger partial charge in [0.05, 0.1) is 5.69 Å². The summed E-state index contributed by atoms with van der Waals surface area (Å²) < 4.78 is 14.0. The number of anilines is 1. The van der Waals surface area contributed by atoms with Crippen LogP contribution in [0.5, 0.6) is 0 Å². The van der Waals surface area contributed by atoms with Crippen LogP contribution in [0.2, 0.25) is 0 Å². The number of nitrogens with zero attached hydrogens (tertiary/aromatic N) is 2. The summed E-state index contributed by atoms with van der Waals surface area (Å²) in [4.78, 5) is 4.34. The van der Waals surface area contributed by atoms with Crippen LogP contribution in [0.1, 0.15) is 12.5 Å². The van der Waals surface area contributed by atoms with E-state index in [-0.39, 0.29) is 5.82 Å². The average Bonchev–Trinajstić information content (AvgIpc) is 2.70. The van der Waals surface area contributed by atoms with Gasteiger partial charge in [0.25, 0.3) is 0 Å². The molecule has 0 amide bonds. The molecule has 2 atom stereocenters. The maximum Gasteiger partial charge on any atom is 0.146 e. The summed E-state index contributed by atoms with van der Waals surface area (Å²) in [6.45, 7) is 3.96. The van der Waals surface area contributed by atoms with Crippen molar-refractivity contribution in [1.82, 2.24) is 4.90 Å². The molecule has 0 N–H and O–H groups in total. The fourth-order valence-electron chi connectivity index (χ4n) is 2.83. The van der Waals surface area contributed by atoms with E-state index in [1.165, 1.54) is 6.07 Å². The van der Waals surface area contributed by atoms with E-state index < -0.39 is 0 Å². The first-order valence-electron chi connectivity index (χ1n) is 6.29. The molecule has 0 radical (unpaired) electrons. The van der Waals surface area contributed by atoms with Crippen molar-refractivity contribution in [2.45, 2.75) is 18.8 Å². The summed E-state index contributed by atoms with van der Waals surface area (Å²) >= 11 is 5.91. The zero-order valence-electron chi connectivity index (χ0n) is 11.2. The van der Waals surface area contributed by atoms with Gasteiger partial charge in [0.1, 0.15) is 5.82 Å². The smallest absolute Gasteiger partial charge is 0.146 e. The van der Waals surface area contributed by atoms with Crippen LogP contribution in [-0.2, 0) is 5.88 Å². The van der Waals surface area contributed by atoms with Crippen LogP contribution in [0.25, 0.3) is 0 Å². The van der Waals surface area contributed by atoms with Crippen LogP contribution in [0.15, 0.2) is 18.2 Å². The highest BCUT2D eigenvalue weighted by Gasteiger charge is 2.32. The molecule has 1 fully saturated rings. The molecule has 0 aromatic heterocycles. The zero-order chi connectivity index (χ0) is 13.3. The number of alkyl halides is 1. The lowest BCUT2D eigenvalue weighted by Gasteiger charge is -2.24. The minimum Gasteiger partial charge on any atom is -0.367 e. The number of hydrogen-bond acceptors (Lipinski definition) is 2. The quantitative estimate of drug-likeness (QED) is 0.780. The van der Waals surface area contributed by atoms with Gasteiger partial charge in [-0.1, -0.05) is 19.1 Å². The molecule has 0 aliphatic carbocycles. The van der Waals surface area contributed by atoms with E-state index in [1.807, 2.05) is 6.07 Å². The number of likely N-dealkylation sites (N-methyl/N-ethyl adjacent to an activating group) is 1. The van der Waals surface area contributed by atoms with E-state index >= 15 is 0 Å². The second-order valence-electron chi connectivity index (χ2n) is 5.29. The van der Waals surface area contributed by atoms with E-state index in [9.17, 15) is 4.39 Å². The van der Waals surface area contributed by atoms with E-state index in [0.717, 1.165) is 18.7 Å². The molecule has 1 aliphatic rings. The number of halogens is 2. The van der Waals surface area contributed by atoms with Gasteiger partial charge in [-0.05, 0) is 31.6 Å². The number of para-hydroxylation sites is 1. The Labute approximate surface area is 113 Å². The molecule has 2 rings (SSSR count). The fourth-order valence-corrected chi connectivity index (χ4v) is 3.04. The molecule has 2 unspecified atom stereocenters. The third kappa shape index (κ3) is 2.47. The van der Waals surface area contributed by atoms with Crippen LogP contribution >= 0.6 is 11.6 Å². The summed E-state index contributed by atoms with van der Waals surface area (Å²) in [7, 11) is 4.16. The van der Waals surface area contributed by atoms with Gasteiger partial charge in [-0.3, -0.25) is 0 Å². The van der Waals surface area contributed by atoms with Crippen molar-refractivity contribution in [3.8, 4) is 0 Å². The molecule has 0 saturated carbocycles. The van der Waals surface area contributed by atoms with Gasteiger partial charge in [0.2, 0.25) is 0 Å². The van der Waals surface area contributed by atoms with Gasteiger partial charge in [0, 0.05) is 25.0 Å². The Morgan fingerprint density at radius 2 is 2.11 bits per heavy atom. The topological polar surface area (TPSA) is 6.48 Å². The van der Waals surface area contributed by atoms with Crippen LogP contribution in [0, 0.1) is 11.7 Å². The van der Waals surface area contributed by atoms with Crippen molar-refractivity contribution >= 4 is 17.3 Å². The second kappa shape index (κ2) is 5.45. The Hall–Kier alpha value is -0.800. The van der Waals surface area contributed by atoms with E-state index in [2.05, 4.69) is 30.8 Å². The molecular weight excluding hydrogens is 251 g/mol. The third-order valence-electron chi connectivity index (χ3n) is 3.77. The maximum atomic E-state index is 14.0. The van der Waals surface area contributed by atoms with Gasteiger partial charge in [-0.25, -0.2) is 4.39 Å². The third-order valence-corrected chi connectivity index (χ3v) is 4.05. The summed E-state index contributed by atoms with van der Waals surface area (Å²) in [6, 6.07) is 5.60. The first-order valence-corrected chi connectivity index (χ1v) is 6.82. The molecule has 2 nitrogen and oxygen atoms in total. The fraction of sp³-hybridized carbons (Fsp3) is 0.571. The maximum absolute atomic E-state index is 14.0. The van der Waals surface area contributed by atoms with Crippen molar-refractivity contribution in [3.05, 3.63) is 29.6 Å². The normalized spacial score (nSPS) is 24.0. The lowest BCUT2D eigenvalue weighted by Crippen LogP contribution is -2.34. The van der Waals surface area contributed by atoms with Gasteiger partial charge >= 0.3 is 0 Å². The highest BCUT2D eigenvalue weighted by molar-refractivity contribution is 6.17. The Morgan fingerprint density at radius 1 is 1.39 bits per heavy atom. The first kappa shape index (κ1) is 13.6. The summed E-state index contributed by atoms with van der Waals surface area (Å²) in [6.07, 6.45) is 0. The molecule has 1 saturated heterocycles. The lowest BCUT2D eigenvalue weighted by molar-refractivity contribution is 0.266. The highest BCUT2D eigenvalue weighted by atomic mass is 35.5. The highest BCUT2D eigenvalue weighted by Crippen LogP contribution is 2.31. The number of benzene rings is 1. The Bertz CT molecular complexity index is 422. The molecule has 1 aromatic rings. The Balaban J connectivity index is 2.29. The van der Waals surface area contributed by atoms with Crippen molar-refractivity contribution in [2.75, 3.05) is 32.1 Å². The van der Waals surface area contributed by atoms with Gasteiger partial charge in [0.15, 0.2) is 0 Å². The average molecular weight is 271 g/mol. The first-order chi connectivity index (χ1) is 8.54. The lowest BCUT2D eigenvalue weighted by atomic mass is 10.1. The summed E-state index contributed by atoms with van der Waals surface area (Å²) in [5.74, 6) is 0.715. The molecule has 100 valence electrons. The monoisotopic (exact) mass is 270 g/mol. The molecule has 4 heteroatoms. The molecule has 1 aromatic carbocycles. The minimum atomic E-state index is -0.167. The molecule has 1 heterocycles. The van der Waals surface area contributed by atoms with Crippen LogP contribution < -0.4 is 4.90 Å². The van der Waals surface area contributed by atoms with Crippen LogP contribution in [0.4, 0.5) is 10.1 Å². The predicted molar refractivity (Wildman–Crippen MR) is 74.8 cm³/mol. The van der Waals surface area contributed by atoms with Crippen molar-refractivity contribution < 1.29 is 4.39 Å². The van der Waals surface area contributed by atoms with Crippen molar-refractivity contribution in [1.29, 1.82) is 0 Å².